The first-order valence-corrected chi connectivity index (χ1v) is 5.51. The number of nitrogens with zero attached hydrogens (tertiary/aromatic N) is 1. The molecular formula is C12H15FN2O2. The SMILES string of the molecule is CC(C)(N)C1(c2ccc([N+](=O)[O-])c(F)c2)CC1. The third-order valence-electron chi connectivity index (χ3n) is 3.68. The quantitative estimate of drug-likeness (QED) is 0.649. The van der Waals surface area contributed by atoms with Crippen molar-refractivity contribution >= 4 is 5.69 Å². The van der Waals surface area contributed by atoms with Crippen LogP contribution in [0, 0.1) is 15.9 Å². The Hall–Kier alpha value is -1.49. The molecule has 0 spiro atoms. The number of hydrogen-bond acceptors (Lipinski definition) is 3. The lowest BCUT2D eigenvalue weighted by Crippen LogP contribution is -2.45. The summed E-state index contributed by atoms with van der Waals surface area (Å²) in [7, 11) is 0. The lowest BCUT2D eigenvalue weighted by Gasteiger charge is -2.31. The van der Waals surface area contributed by atoms with E-state index in [1.165, 1.54) is 12.1 Å². The van der Waals surface area contributed by atoms with Gasteiger partial charge in [0.2, 0.25) is 5.82 Å². The largest absolute Gasteiger partial charge is 0.325 e. The maximum atomic E-state index is 13.6. The molecule has 0 saturated heterocycles. The summed E-state index contributed by atoms with van der Waals surface area (Å²) >= 11 is 0. The van der Waals surface area contributed by atoms with E-state index in [0.717, 1.165) is 18.4 Å². The Balaban J connectivity index is 2.43. The second-order valence-electron chi connectivity index (χ2n) is 5.23. The first-order valence-electron chi connectivity index (χ1n) is 5.51. The molecule has 4 nitrogen and oxygen atoms in total. The van der Waals surface area contributed by atoms with Gasteiger partial charge in [-0.3, -0.25) is 10.1 Å². The average Bonchev–Trinajstić information content (AvgIpc) is 2.95. The minimum absolute atomic E-state index is 0.233. The number of nitro benzene ring substituents is 1. The summed E-state index contributed by atoms with van der Waals surface area (Å²) in [5.74, 6) is -0.789. The Morgan fingerprint density at radius 2 is 2.06 bits per heavy atom. The smallest absolute Gasteiger partial charge is 0.304 e. The fraction of sp³-hybridized carbons (Fsp3) is 0.500. The molecule has 2 rings (SSSR count). The highest BCUT2D eigenvalue weighted by Gasteiger charge is 2.53. The van der Waals surface area contributed by atoms with Crippen molar-refractivity contribution in [3.8, 4) is 0 Å². The highest BCUT2D eigenvalue weighted by molar-refractivity contribution is 5.43. The molecule has 0 aliphatic heterocycles. The monoisotopic (exact) mass is 238 g/mol. The lowest BCUT2D eigenvalue weighted by atomic mass is 9.79. The van der Waals surface area contributed by atoms with Crippen molar-refractivity contribution in [3.63, 3.8) is 0 Å². The molecule has 0 aromatic heterocycles. The van der Waals surface area contributed by atoms with E-state index in [4.69, 9.17) is 5.73 Å². The maximum Gasteiger partial charge on any atom is 0.304 e. The van der Waals surface area contributed by atoms with Gasteiger partial charge in [-0.1, -0.05) is 6.07 Å². The molecule has 92 valence electrons. The van der Waals surface area contributed by atoms with Gasteiger partial charge in [0.05, 0.1) is 4.92 Å². The molecule has 1 aliphatic carbocycles. The number of benzene rings is 1. The second kappa shape index (κ2) is 3.50. The predicted octanol–water partition coefficient (Wildman–Crippen LogP) is 2.50. The standard InChI is InChI=1S/C12H15FN2O2/c1-11(2,14)12(5-6-12)8-3-4-10(15(16)17)9(13)7-8/h3-4,7H,5-6,14H2,1-2H3. The Morgan fingerprint density at radius 3 is 2.41 bits per heavy atom. The molecule has 0 unspecified atom stereocenters. The normalized spacial score (nSPS) is 17.9. The van der Waals surface area contributed by atoms with Crippen LogP contribution in [0.2, 0.25) is 0 Å². The average molecular weight is 238 g/mol. The van der Waals surface area contributed by atoms with Gasteiger partial charge in [0.15, 0.2) is 0 Å². The number of nitrogens with two attached hydrogens (primary N) is 1. The van der Waals surface area contributed by atoms with E-state index < -0.39 is 22.0 Å². The Bertz CT molecular complexity index is 476. The van der Waals surface area contributed by atoms with E-state index in [-0.39, 0.29) is 5.41 Å². The molecule has 17 heavy (non-hydrogen) atoms. The first kappa shape index (κ1) is 12.0. The van der Waals surface area contributed by atoms with Crippen LogP contribution in [0.4, 0.5) is 10.1 Å². The van der Waals surface area contributed by atoms with E-state index in [0.29, 0.717) is 0 Å². The van der Waals surface area contributed by atoms with E-state index in [9.17, 15) is 14.5 Å². The second-order valence-corrected chi connectivity index (χ2v) is 5.23. The number of hydrogen-bond donors (Lipinski definition) is 1. The van der Waals surface area contributed by atoms with Crippen LogP contribution in [0.5, 0.6) is 0 Å². The van der Waals surface area contributed by atoms with Crippen LogP contribution < -0.4 is 5.73 Å². The van der Waals surface area contributed by atoms with E-state index in [2.05, 4.69) is 0 Å². The van der Waals surface area contributed by atoms with Crippen molar-refractivity contribution in [1.29, 1.82) is 0 Å². The third kappa shape index (κ3) is 1.80. The van der Waals surface area contributed by atoms with Gasteiger partial charge < -0.3 is 5.73 Å². The number of halogens is 1. The van der Waals surface area contributed by atoms with Crippen molar-refractivity contribution < 1.29 is 9.31 Å². The fourth-order valence-corrected chi connectivity index (χ4v) is 2.38. The molecule has 0 amide bonds. The van der Waals surface area contributed by atoms with Gasteiger partial charge in [0.1, 0.15) is 0 Å². The first-order chi connectivity index (χ1) is 7.78. The van der Waals surface area contributed by atoms with Crippen LogP contribution >= 0.6 is 0 Å². The van der Waals surface area contributed by atoms with Gasteiger partial charge in [-0.15, -0.1) is 0 Å². The molecule has 0 heterocycles. The topological polar surface area (TPSA) is 69.2 Å². The summed E-state index contributed by atoms with van der Waals surface area (Å²) in [6, 6.07) is 4.08. The summed E-state index contributed by atoms with van der Waals surface area (Å²) in [5, 5.41) is 10.5. The number of rotatable bonds is 3. The van der Waals surface area contributed by atoms with Gasteiger partial charge in [0, 0.05) is 17.0 Å². The molecular weight excluding hydrogens is 223 g/mol. The predicted molar refractivity (Wildman–Crippen MR) is 62.2 cm³/mol. The molecule has 0 atom stereocenters. The summed E-state index contributed by atoms with van der Waals surface area (Å²) < 4.78 is 13.6. The van der Waals surface area contributed by atoms with E-state index in [1.807, 2.05) is 13.8 Å². The van der Waals surface area contributed by atoms with Crippen LogP contribution in [-0.4, -0.2) is 10.5 Å². The van der Waals surface area contributed by atoms with Crippen LogP contribution in [0.25, 0.3) is 0 Å². The van der Waals surface area contributed by atoms with Crippen molar-refractivity contribution in [3.05, 3.63) is 39.7 Å². The summed E-state index contributed by atoms with van der Waals surface area (Å²) in [6.45, 7) is 3.80. The number of nitro groups is 1. The molecule has 1 fully saturated rings. The van der Waals surface area contributed by atoms with Crippen molar-refractivity contribution in [2.45, 2.75) is 37.6 Å². The van der Waals surface area contributed by atoms with Gasteiger partial charge in [-0.25, -0.2) is 0 Å². The van der Waals surface area contributed by atoms with Crippen molar-refractivity contribution in [2.75, 3.05) is 0 Å². The molecule has 1 saturated carbocycles. The lowest BCUT2D eigenvalue weighted by molar-refractivity contribution is -0.387. The minimum Gasteiger partial charge on any atom is -0.325 e. The van der Waals surface area contributed by atoms with Crippen LogP contribution in [0.1, 0.15) is 32.3 Å². The van der Waals surface area contributed by atoms with Gasteiger partial charge in [0.25, 0.3) is 0 Å². The zero-order chi connectivity index (χ0) is 12.8. The maximum absolute atomic E-state index is 13.6. The highest BCUT2D eigenvalue weighted by Crippen LogP contribution is 2.54. The molecule has 0 radical (unpaired) electrons. The third-order valence-corrected chi connectivity index (χ3v) is 3.68. The molecule has 1 aromatic rings. The van der Waals surface area contributed by atoms with E-state index in [1.54, 1.807) is 6.07 Å². The fourth-order valence-electron chi connectivity index (χ4n) is 2.38. The minimum atomic E-state index is -0.789. The van der Waals surface area contributed by atoms with Crippen molar-refractivity contribution in [2.24, 2.45) is 5.73 Å². The van der Waals surface area contributed by atoms with Crippen LogP contribution in [0.3, 0.4) is 0 Å². The summed E-state index contributed by atoms with van der Waals surface area (Å²) in [5.41, 5.74) is 5.69. The van der Waals surface area contributed by atoms with E-state index >= 15 is 0 Å². The Kier molecular flexibility index (Phi) is 2.47. The molecule has 0 bridgehead atoms. The van der Waals surface area contributed by atoms with Crippen LogP contribution in [-0.2, 0) is 5.41 Å². The summed E-state index contributed by atoms with van der Waals surface area (Å²) in [4.78, 5) is 9.82. The Labute approximate surface area is 98.8 Å². The molecule has 1 aromatic carbocycles. The molecule has 5 heteroatoms. The molecule has 1 aliphatic rings. The molecule has 2 N–H and O–H groups in total. The highest BCUT2D eigenvalue weighted by atomic mass is 19.1. The van der Waals surface area contributed by atoms with Gasteiger partial charge in [-0.2, -0.15) is 4.39 Å². The summed E-state index contributed by atoms with van der Waals surface area (Å²) in [6.07, 6.45) is 1.79. The zero-order valence-corrected chi connectivity index (χ0v) is 9.87. The Morgan fingerprint density at radius 1 is 1.47 bits per heavy atom. The van der Waals surface area contributed by atoms with Crippen LogP contribution in [0.15, 0.2) is 18.2 Å². The van der Waals surface area contributed by atoms with Gasteiger partial charge >= 0.3 is 5.69 Å². The van der Waals surface area contributed by atoms with Gasteiger partial charge in [-0.05, 0) is 38.3 Å². The zero-order valence-electron chi connectivity index (χ0n) is 9.87. The van der Waals surface area contributed by atoms with Crippen molar-refractivity contribution in [1.82, 2.24) is 0 Å².